The largest absolute Gasteiger partial charge is 0.505 e. The van der Waals surface area contributed by atoms with E-state index < -0.39 is 0 Å². The van der Waals surface area contributed by atoms with Crippen LogP contribution in [0.2, 0.25) is 0 Å². The lowest BCUT2D eigenvalue weighted by molar-refractivity contribution is 0.484. The number of rotatable bonds is 0. The van der Waals surface area contributed by atoms with Crippen LogP contribution in [0.25, 0.3) is 10.8 Å². The Morgan fingerprint density at radius 2 is 1.77 bits per heavy atom. The summed E-state index contributed by atoms with van der Waals surface area (Å²) in [7, 11) is 0. The molecule has 0 unspecified atom stereocenters. The van der Waals surface area contributed by atoms with E-state index in [1.807, 2.05) is 24.3 Å². The van der Waals surface area contributed by atoms with Gasteiger partial charge in [0.15, 0.2) is 0 Å². The number of phenolic OH excluding ortho intramolecular Hbond substituents is 1. The number of halogens is 1. The molecular weight excluding hydrogens is 230 g/mol. The zero-order chi connectivity index (χ0) is 9.42. The van der Waals surface area contributed by atoms with Gasteiger partial charge >= 0.3 is 0 Å². The Hall–Kier alpha value is -1.22. The Labute approximate surface area is 84.1 Å². The number of fused-ring (bicyclic) bond motifs is 1. The molecule has 2 aromatic rings. The molecule has 0 amide bonds. The molecule has 0 aliphatic heterocycles. The minimum Gasteiger partial charge on any atom is -0.505 e. The molecule has 0 spiro atoms. The van der Waals surface area contributed by atoms with Crippen LogP contribution in [0.15, 0.2) is 34.8 Å². The molecule has 2 nitrogen and oxygen atoms in total. The predicted molar refractivity (Wildman–Crippen MR) is 57.7 cm³/mol. The van der Waals surface area contributed by atoms with Crippen LogP contribution in [0.5, 0.6) is 5.75 Å². The highest BCUT2D eigenvalue weighted by Crippen LogP contribution is 2.35. The Morgan fingerprint density at radius 1 is 1.15 bits per heavy atom. The molecule has 0 fully saturated rings. The fraction of sp³-hybridized carbons (Fsp3) is 0. The molecule has 0 heterocycles. The maximum absolute atomic E-state index is 9.64. The van der Waals surface area contributed by atoms with Gasteiger partial charge in [0.05, 0.1) is 5.69 Å². The number of aromatic hydroxyl groups is 1. The van der Waals surface area contributed by atoms with Crippen LogP contribution in [0.4, 0.5) is 5.69 Å². The highest BCUT2D eigenvalue weighted by molar-refractivity contribution is 9.10. The van der Waals surface area contributed by atoms with Crippen molar-refractivity contribution >= 4 is 32.4 Å². The normalized spacial score (nSPS) is 10.5. The minimum atomic E-state index is 0.152. The molecule has 0 atom stereocenters. The Balaban J connectivity index is 2.97. The van der Waals surface area contributed by atoms with E-state index in [-0.39, 0.29) is 5.75 Å². The molecule has 3 heteroatoms. The van der Waals surface area contributed by atoms with E-state index in [1.54, 1.807) is 6.07 Å². The van der Waals surface area contributed by atoms with Crippen molar-refractivity contribution in [2.45, 2.75) is 0 Å². The number of hydrogen-bond acceptors (Lipinski definition) is 2. The van der Waals surface area contributed by atoms with Crippen LogP contribution >= 0.6 is 15.9 Å². The van der Waals surface area contributed by atoms with Gasteiger partial charge in [-0.1, -0.05) is 40.2 Å². The van der Waals surface area contributed by atoms with E-state index in [9.17, 15) is 5.11 Å². The molecule has 0 bridgehead atoms. The molecule has 0 aliphatic carbocycles. The van der Waals surface area contributed by atoms with Crippen molar-refractivity contribution in [3.8, 4) is 5.75 Å². The van der Waals surface area contributed by atoms with Crippen molar-refractivity contribution < 1.29 is 5.11 Å². The summed E-state index contributed by atoms with van der Waals surface area (Å²) >= 11 is 3.39. The molecular formula is C10H8BrNO. The molecule has 0 aliphatic rings. The molecule has 0 aromatic heterocycles. The van der Waals surface area contributed by atoms with Crippen molar-refractivity contribution in [2.24, 2.45) is 0 Å². The van der Waals surface area contributed by atoms with Crippen LogP contribution in [-0.4, -0.2) is 5.11 Å². The summed E-state index contributed by atoms with van der Waals surface area (Å²) in [5, 5.41) is 11.4. The second-order valence-electron chi connectivity index (χ2n) is 2.84. The maximum atomic E-state index is 9.64. The van der Waals surface area contributed by atoms with Crippen molar-refractivity contribution in [2.75, 3.05) is 5.73 Å². The average Bonchev–Trinajstić information content (AvgIpc) is 2.15. The zero-order valence-corrected chi connectivity index (χ0v) is 8.38. The number of phenols is 1. The number of hydrogen-bond donors (Lipinski definition) is 2. The first-order valence-electron chi connectivity index (χ1n) is 3.86. The Morgan fingerprint density at radius 3 is 2.46 bits per heavy atom. The summed E-state index contributed by atoms with van der Waals surface area (Å²) in [5.41, 5.74) is 6.00. The monoisotopic (exact) mass is 237 g/mol. The lowest BCUT2D eigenvalue weighted by atomic mass is 10.1. The molecule has 66 valence electrons. The fourth-order valence-electron chi connectivity index (χ4n) is 1.34. The van der Waals surface area contributed by atoms with Crippen LogP contribution in [-0.2, 0) is 0 Å². The maximum Gasteiger partial charge on any atom is 0.146 e. The summed E-state index contributed by atoms with van der Waals surface area (Å²) in [4.78, 5) is 0. The summed E-state index contributed by atoms with van der Waals surface area (Å²) in [5.74, 6) is 0.152. The van der Waals surface area contributed by atoms with Gasteiger partial charge in [-0.25, -0.2) is 0 Å². The van der Waals surface area contributed by atoms with Gasteiger partial charge < -0.3 is 10.8 Å². The first-order valence-corrected chi connectivity index (χ1v) is 4.65. The van der Waals surface area contributed by atoms with Crippen molar-refractivity contribution in [1.29, 1.82) is 0 Å². The number of benzene rings is 2. The van der Waals surface area contributed by atoms with E-state index in [2.05, 4.69) is 15.9 Å². The highest BCUT2D eigenvalue weighted by Gasteiger charge is 2.06. The molecule has 13 heavy (non-hydrogen) atoms. The van der Waals surface area contributed by atoms with Gasteiger partial charge in [-0.2, -0.15) is 0 Å². The van der Waals surface area contributed by atoms with Gasteiger partial charge in [-0.15, -0.1) is 0 Å². The van der Waals surface area contributed by atoms with Crippen LogP contribution < -0.4 is 5.73 Å². The standard InChI is InChI=1S/C10H8BrNO/c11-8-5-9(12)10(13)7-4-2-1-3-6(7)8/h1-5,13H,12H2. The van der Waals surface area contributed by atoms with E-state index in [1.165, 1.54) is 0 Å². The molecule has 3 N–H and O–H groups in total. The average molecular weight is 238 g/mol. The molecule has 2 rings (SSSR count). The SMILES string of the molecule is Nc1cc(Br)c2ccccc2c1O. The van der Waals surface area contributed by atoms with Crippen LogP contribution in [0.1, 0.15) is 0 Å². The smallest absolute Gasteiger partial charge is 0.146 e. The molecule has 0 saturated heterocycles. The minimum absolute atomic E-state index is 0.152. The van der Waals surface area contributed by atoms with E-state index in [0.717, 1.165) is 15.2 Å². The molecule has 0 radical (unpaired) electrons. The van der Waals surface area contributed by atoms with E-state index in [4.69, 9.17) is 5.73 Å². The third kappa shape index (κ3) is 1.25. The third-order valence-corrected chi connectivity index (χ3v) is 2.65. The van der Waals surface area contributed by atoms with Crippen molar-refractivity contribution in [3.63, 3.8) is 0 Å². The lowest BCUT2D eigenvalue weighted by Gasteiger charge is -2.05. The second-order valence-corrected chi connectivity index (χ2v) is 3.70. The van der Waals surface area contributed by atoms with Gasteiger partial charge in [-0.05, 0) is 11.5 Å². The summed E-state index contributed by atoms with van der Waals surface area (Å²) in [6.07, 6.45) is 0. The van der Waals surface area contributed by atoms with Crippen LogP contribution in [0.3, 0.4) is 0 Å². The predicted octanol–water partition coefficient (Wildman–Crippen LogP) is 2.89. The molecule has 2 aromatic carbocycles. The van der Waals surface area contributed by atoms with Gasteiger partial charge in [0, 0.05) is 9.86 Å². The Kier molecular flexibility index (Phi) is 1.88. The highest BCUT2D eigenvalue weighted by atomic mass is 79.9. The topological polar surface area (TPSA) is 46.2 Å². The first-order chi connectivity index (χ1) is 6.20. The van der Waals surface area contributed by atoms with Crippen LogP contribution in [0, 0.1) is 0 Å². The molecule has 0 saturated carbocycles. The van der Waals surface area contributed by atoms with Crippen molar-refractivity contribution in [1.82, 2.24) is 0 Å². The van der Waals surface area contributed by atoms with Gasteiger partial charge in [0.1, 0.15) is 5.75 Å². The van der Waals surface area contributed by atoms with E-state index >= 15 is 0 Å². The quantitative estimate of drug-likeness (QED) is 0.547. The van der Waals surface area contributed by atoms with Gasteiger partial charge in [0.25, 0.3) is 0 Å². The number of nitrogens with two attached hydrogens (primary N) is 1. The first kappa shape index (κ1) is 8.38. The number of anilines is 1. The summed E-state index contributed by atoms with van der Waals surface area (Å²) in [6, 6.07) is 9.26. The van der Waals surface area contributed by atoms with Gasteiger partial charge in [0.2, 0.25) is 0 Å². The zero-order valence-electron chi connectivity index (χ0n) is 6.79. The summed E-state index contributed by atoms with van der Waals surface area (Å²) < 4.78 is 0.901. The van der Waals surface area contributed by atoms with E-state index in [0.29, 0.717) is 5.69 Å². The third-order valence-electron chi connectivity index (χ3n) is 2.00. The lowest BCUT2D eigenvalue weighted by Crippen LogP contribution is -1.87. The Bertz CT molecular complexity index is 468. The van der Waals surface area contributed by atoms with Crippen molar-refractivity contribution in [3.05, 3.63) is 34.8 Å². The number of nitrogen functional groups attached to an aromatic ring is 1. The second kappa shape index (κ2) is 2.92. The fourth-order valence-corrected chi connectivity index (χ4v) is 1.93. The summed E-state index contributed by atoms with van der Waals surface area (Å²) in [6.45, 7) is 0. The van der Waals surface area contributed by atoms with Gasteiger partial charge in [-0.3, -0.25) is 0 Å².